The first-order chi connectivity index (χ1) is 14.4. The summed E-state index contributed by atoms with van der Waals surface area (Å²) < 4.78 is 5.87. The van der Waals surface area contributed by atoms with Crippen molar-refractivity contribution in [2.45, 2.75) is 52.6 Å². The second-order valence-corrected chi connectivity index (χ2v) is 10.2. The third-order valence-corrected chi connectivity index (χ3v) is 7.30. The van der Waals surface area contributed by atoms with E-state index >= 15 is 0 Å². The zero-order chi connectivity index (χ0) is 21.1. The topological polar surface area (TPSA) is 36.0 Å². The molecule has 5 heteroatoms. The van der Waals surface area contributed by atoms with Crippen LogP contribution < -0.4 is 4.90 Å². The van der Waals surface area contributed by atoms with E-state index in [4.69, 9.17) is 4.74 Å². The summed E-state index contributed by atoms with van der Waals surface area (Å²) in [4.78, 5) is 20.2. The van der Waals surface area contributed by atoms with Gasteiger partial charge >= 0.3 is 5.97 Å². The highest BCUT2D eigenvalue weighted by Crippen LogP contribution is 2.44. The second-order valence-electron chi connectivity index (χ2n) is 10.2. The quantitative estimate of drug-likeness (QED) is 0.667. The summed E-state index contributed by atoms with van der Waals surface area (Å²) in [5, 5.41) is 0. The largest absolute Gasteiger partial charge is 0.462 e. The predicted molar refractivity (Wildman–Crippen MR) is 122 cm³/mol. The summed E-state index contributed by atoms with van der Waals surface area (Å²) in [5.41, 5.74) is 2.45. The summed E-state index contributed by atoms with van der Waals surface area (Å²) in [6.07, 6.45) is 3.98. The van der Waals surface area contributed by atoms with Gasteiger partial charge in [-0.2, -0.15) is 0 Å². The number of benzene rings is 1. The van der Waals surface area contributed by atoms with Crippen LogP contribution in [0.1, 0.15) is 45.1 Å². The molecule has 3 fully saturated rings. The Balaban J connectivity index is 1.20. The van der Waals surface area contributed by atoms with Crippen molar-refractivity contribution in [1.29, 1.82) is 0 Å². The van der Waals surface area contributed by atoms with E-state index in [1.54, 1.807) is 0 Å². The van der Waals surface area contributed by atoms with Crippen LogP contribution in [0.5, 0.6) is 0 Å². The molecule has 166 valence electrons. The zero-order valence-electron chi connectivity index (χ0n) is 19.1. The van der Waals surface area contributed by atoms with Gasteiger partial charge in [0.2, 0.25) is 0 Å². The zero-order valence-corrected chi connectivity index (χ0v) is 19.1. The molecule has 3 heterocycles. The molecule has 0 radical (unpaired) electrons. The van der Waals surface area contributed by atoms with Gasteiger partial charge in [-0.25, -0.2) is 0 Å². The van der Waals surface area contributed by atoms with Gasteiger partial charge < -0.3 is 14.5 Å². The van der Waals surface area contributed by atoms with Gasteiger partial charge in [-0.15, -0.1) is 0 Å². The van der Waals surface area contributed by atoms with Crippen LogP contribution in [0.25, 0.3) is 0 Å². The molecule has 0 saturated carbocycles. The number of carbonyl (C=O) groups is 1. The minimum atomic E-state index is -0.192. The summed E-state index contributed by atoms with van der Waals surface area (Å²) in [6.45, 7) is 15.3. The number of carbonyl (C=O) groups excluding carboxylic acids is 1. The lowest BCUT2D eigenvalue weighted by Gasteiger charge is -2.37. The Kier molecular flexibility index (Phi) is 6.69. The highest BCUT2D eigenvalue weighted by molar-refractivity contribution is 5.79. The number of piperazine rings is 1. The molecular formula is C25H39N3O2. The first kappa shape index (κ1) is 21.6. The normalized spacial score (nSPS) is 25.3. The Morgan fingerprint density at radius 2 is 1.67 bits per heavy atom. The number of esters is 1. The third kappa shape index (κ3) is 5.00. The number of nitrogens with zero attached hydrogens (tertiary/aromatic N) is 3. The molecule has 1 atom stereocenters. The monoisotopic (exact) mass is 413 g/mol. The van der Waals surface area contributed by atoms with Crippen molar-refractivity contribution in [3.8, 4) is 0 Å². The molecule has 30 heavy (non-hydrogen) atoms. The van der Waals surface area contributed by atoms with Crippen LogP contribution in [0, 0.1) is 18.3 Å². The maximum Gasteiger partial charge on any atom is 0.312 e. The van der Waals surface area contributed by atoms with Gasteiger partial charge in [0.05, 0.1) is 5.41 Å². The number of hydrogen-bond donors (Lipinski definition) is 0. The van der Waals surface area contributed by atoms with Crippen LogP contribution in [0.4, 0.5) is 5.69 Å². The number of likely N-dealkylation sites (tertiary alicyclic amines) is 1. The van der Waals surface area contributed by atoms with Gasteiger partial charge in [-0.3, -0.25) is 9.69 Å². The Hall–Kier alpha value is -1.59. The first-order valence-electron chi connectivity index (χ1n) is 11.9. The summed E-state index contributed by atoms with van der Waals surface area (Å²) in [7, 11) is 0. The molecule has 0 N–H and O–H groups in total. The molecule has 3 aliphatic heterocycles. The van der Waals surface area contributed by atoms with Crippen molar-refractivity contribution in [1.82, 2.24) is 9.80 Å². The van der Waals surface area contributed by atoms with E-state index < -0.39 is 0 Å². The van der Waals surface area contributed by atoms with Crippen molar-refractivity contribution < 1.29 is 9.53 Å². The Morgan fingerprint density at radius 3 is 2.30 bits per heavy atom. The number of anilines is 1. The molecule has 1 spiro atoms. The van der Waals surface area contributed by atoms with E-state index in [-0.39, 0.29) is 17.5 Å². The lowest BCUT2D eigenvalue weighted by molar-refractivity contribution is -0.151. The highest BCUT2D eigenvalue weighted by Gasteiger charge is 2.50. The van der Waals surface area contributed by atoms with Gasteiger partial charge in [-0.05, 0) is 57.3 Å². The van der Waals surface area contributed by atoms with Crippen LogP contribution in [0.2, 0.25) is 0 Å². The van der Waals surface area contributed by atoms with Gasteiger partial charge in [0.25, 0.3) is 0 Å². The van der Waals surface area contributed by atoms with Gasteiger partial charge in [0.15, 0.2) is 0 Å². The first-order valence-corrected chi connectivity index (χ1v) is 11.9. The van der Waals surface area contributed by atoms with E-state index in [1.165, 1.54) is 11.3 Å². The second kappa shape index (κ2) is 9.27. The molecule has 0 aliphatic carbocycles. The molecule has 0 aromatic heterocycles. The molecule has 4 rings (SSSR count). The van der Waals surface area contributed by atoms with Crippen LogP contribution in [-0.4, -0.2) is 74.2 Å². The standard InChI is InChI=1S/C25H39N3O2/c1-20(2)19-27-12-9-25(10-13-27)18-23(30-24(25)29)8-11-26-14-16-28(17-15-26)22-6-4-21(3)5-7-22/h4-7,20,23H,8-19H2,1-3H3. The van der Waals surface area contributed by atoms with Crippen molar-refractivity contribution in [3.05, 3.63) is 29.8 Å². The lowest BCUT2D eigenvalue weighted by atomic mass is 9.75. The smallest absolute Gasteiger partial charge is 0.312 e. The summed E-state index contributed by atoms with van der Waals surface area (Å²) >= 11 is 0. The lowest BCUT2D eigenvalue weighted by Crippen LogP contribution is -2.47. The van der Waals surface area contributed by atoms with Crippen LogP contribution in [0.15, 0.2) is 24.3 Å². The number of piperidine rings is 1. The Labute approximate surface area is 182 Å². The molecule has 3 aliphatic rings. The minimum Gasteiger partial charge on any atom is -0.462 e. The number of ether oxygens (including phenoxy) is 1. The average molecular weight is 414 g/mol. The average Bonchev–Trinajstić information content (AvgIpc) is 3.04. The van der Waals surface area contributed by atoms with E-state index in [9.17, 15) is 4.79 Å². The molecule has 1 aromatic rings. The van der Waals surface area contributed by atoms with Crippen molar-refractivity contribution in [2.75, 3.05) is 57.3 Å². The molecule has 0 amide bonds. The number of cyclic esters (lactones) is 1. The Morgan fingerprint density at radius 1 is 1.00 bits per heavy atom. The summed E-state index contributed by atoms with van der Waals surface area (Å²) in [6, 6.07) is 8.85. The number of rotatable bonds is 6. The van der Waals surface area contributed by atoms with E-state index in [1.807, 2.05) is 0 Å². The van der Waals surface area contributed by atoms with Crippen molar-refractivity contribution in [2.24, 2.45) is 11.3 Å². The molecule has 3 saturated heterocycles. The van der Waals surface area contributed by atoms with E-state index in [0.29, 0.717) is 5.92 Å². The Bertz CT molecular complexity index is 702. The van der Waals surface area contributed by atoms with Gasteiger partial charge in [-0.1, -0.05) is 31.5 Å². The molecule has 0 bridgehead atoms. The molecule has 5 nitrogen and oxygen atoms in total. The summed E-state index contributed by atoms with van der Waals surface area (Å²) in [5.74, 6) is 0.773. The van der Waals surface area contributed by atoms with Gasteiger partial charge in [0, 0.05) is 51.4 Å². The highest BCUT2D eigenvalue weighted by atomic mass is 16.6. The molecule has 1 unspecified atom stereocenters. The fraction of sp³-hybridized carbons (Fsp3) is 0.720. The van der Waals surface area contributed by atoms with Crippen LogP contribution in [0.3, 0.4) is 0 Å². The minimum absolute atomic E-state index is 0.0842. The fourth-order valence-corrected chi connectivity index (χ4v) is 5.40. The molecule has 1 aromatic carbocycles. The fourth-order valence-electron chi connectivity index (χ4n) is 5.40. The van der Waals surface area contributed by atoms with E-state index in [0.717, 1.165) is 78.0 Å². The maximum atomic E-state index is 12.7. The third-order valence-electron chi connectivity index (χ3n) is 7.30. The van der Waals surface area contributed by atoms with Gasteiger partial charge in [0.1, 0.15) is 6.10 Å². The predicted octanol–water partition coefficient (Wildman–Crippen LogP) is 3.56. The number of hydrogen-bond acceptors (Lipinski definition) is 5. The maximum absolute atomic E-state index is 12.7. The van der Waals surface area contributed by atoms with Crippen LogP contribution >= 0.6 is 0 Å². The van der Waals surface area contributed by atoms with Crippen LogP contribution in [-0.2, 0) is 9.53 Å². The molecular weight excluding hydrogens is 374 g/mol. The van der Waals surface area contributed by atoms with Crippen molar-refractivity contribution >= 4 is 11.7 Å². The number of aryl methyl sites for hydroxylation is 1. The SMILES string of the molecule is Cc1ccc(N2CCN(CCC3CC4(CCN(CC(C)C)CC4)C(=O)O3)CC2)cc1. The van der Waals surface area contributed by atoms with Crippen molar-refractivity contribution in [3.63, 3.8) is 0 Å². The van der Waals surface area contributed by atoms with E-state index in [2.05, 4.69) is 59.7 Å².